The number of amides is 1. The topological polar surface area (TPSA) is 71.9 Å². The van der Waals surface area contributed by atoms with E-state index in [1.54, 1.807) is 11.6 Å². The number of aromatic amines is 1. The monoisotopic (exact) mass is 342 g/mol. The van der Waals surface area contributed by atoms with Crippen LogP contribution < -0.4 is 10.1 Å². The maximum Gasteiger partial charge on any atom is 0.223 e. The number of nitrogens with zero attached hydrogens (tertiary/aromatic N) is 2. The number of nitrogens with one attached hydrogen (secondary N) is 2. The second-order valence-corrected chi connectivity index (χ2v) is 5.74. The van der Waals surface area contributed by atoms with Crippen molar-refractivity contribution >= 4 is 28.9 Å². The minimum atomic E-state index is -0.0934. The van der Waals surface area contributed by atoms with Gasteiger partial charge in [0.1, 0.15) is 5.75 Å². The number of benzene rings is 2. The van der Waals surface area contributed by atoms with Gasteiger partial charge in [0.05, 0.1) is 19.6 Å². The lowest BCUT2D eigenvalue weighted by Gasteiger charge is -2.09. The van der Waals surface area contributed by atoms with Crippen molar-refractivity contribution in [2.75, 3.05) is 6.61 Å². The van der Waals surface area contributed by atoms with Gasteiger partial charge in [-0.25, -0.2) is 0 Å². The van der Waals surface area contributed by atoms with Crippen LogP contribution in [0.3, 0.4) is 0 Å². The van der Waals surface area contributed by atoms with E-state index in [1.165, 1.54) is 0 Å². The first-order valence-electron chi connectivity index (χ1n) is 7.62. The summed E-state index contributed by atoms with van der Waals surface area (Å²) < 4.78 is 8.02. The van der Waals surface area contributed by atoms with Crippen LogP contribution in [0.1, 0.15) is 12.2 Å². The molecule has 0 spiro atoms. The van der Waals surface area contributed by atoms with E-state index in [1.807, 2.05) is 42.5 Å². The molecule has 0 radical (unpaired) electrons. The average molecular weight is 342 g/mol. The second kappa shape index (κ2) is 7.27. The number of aromatic nitrogens is 3. The Morgan fingerprint density at radius 1 is 1.29 bits per heavy atom. The van der Waals surface area contributed by atoms with Crippen LogP contribution in [0.4, 0.5) is 0 Å². The molecule has 1 amide bonds. The highest BCUT2D eigenvalue weighted by molar-refractivity contribution is 7.71. The van der Waals surface area contributed by atoms with Gasteiger partial charge in [-0.2, -0.15) is 5.10 Å². The summed E-state index contributed by atoms with van der Waals surface area (Å²) in [6, 6.07) is 13.9. The van der Waals surface area contributed by atoms with Crippen LogP contribution in [0.5, 0.6) is 5.75 Å². The van der Waals surface area contributed by atoms with Gasteiger partial charge in [0.2, 0.25) is 5.91 Å². The number of ether oxygens (including phenoxy) is 1. The van der Waals surface area contributed by atoms with Crippen molar-refractivity contribution in [3.63, 3.8) is 0 Å². The van der Waals surface area contributed by atoms with Gasteiger partial charge in [0.25, 0.3) is 0 Å². The molecule has 0 saturated heterocycles. The van der Waals surface area contributed by atoms with Crippen LogP contribution in [0.25, 0.3) is 10.8 Å². The number of hydrogen-bond acceptors (Lipinski definition) is 4. The van der Waals surface area contributed by atoms with Gasteiger partial charge >= 0.3 is 0 Å². The number of fused-ring (bicyclic) bond motifs is 1. The second-order valence-electron chi connectivity index (χ2n) is 5.36. The molecular weight excluding hydrogens is 324 g/mol. The fourth-order valence-corrected chi connectivity index (χ4v) is 2.53. The summed E-state index contributed by atoms with van der Waals surface area (Å²) >= 11 is 5.03. The van der Waals surface area contributed by atoms with Crippen LogP contribution >= 0.6 is 12.2 Å². The van der Waals surface area contributed by atoms with E-state index < -0.39 is 0 Å². The summed E-state index contributed by atoms with van der Waals surface area (Å²) in [6.07, 6.45) is 0.276. The molecule has 0 aliphatic heterocycles. The largest absolute Gasteiger partial charge is 0.492 e. The minimum absolute atomic E-state index is 0.0934. The smallest absolute Gasteiger partial charge is 0.223 e. The first kappa shape index (κ1) is 16.2. The Morgan fingerprint density at radius 3 is 2.88 bits per heavy atom. The third kappa shape index (κ3) is 3.62. The molecule has 2 aromatic carbocycles. The Balaban J connectivity index is 1.51. The molecule has 24 heavy (non-hydrogen) atoms. The standard InChI is InChI=1S/C17H18N4O2S/c1-21-15(19-20-17(21)24)11-18-16(22)9-10-23-14-8-4-6-12-5-2-3-7-13(12)14/h2-8H,9-11H2,1H3,(H,18,22)(H,20,24). The Kier molecular flexibility index (Phi) is 4.90. The number of rotatable bonds is 6. The highest BCUT2D eigenvalue weighted by Crippen LogP contribution is 2.25. The molecule has 0 fully saturated rings. The Labute approximate surface area is 144 Å². The van der Waals surface area contributed by atoms with Gasteiger partial charge in [-0.05, 0) is 23.7 Å². The van der Waals surface area contributed by atoms with Crippen molar-refractivity contribution in [2.24, 2.45) is 7.05 Å². The summed E-state index contributed by atoms with van der Waals surface area (Å²) in [5.74, 6) is 1.38. The summed E-state index contributed by atoms with van der Waals surface area (Å²) in [4.78, 5) is 11.9. The molecule has 0 saturated carbocycles. The Morgan fingerprint density at radius 2 is 2.08 bits per heavy atom. The molecule has 1 aromatic heterocycles. The minimum Gasteiger partial charge on any atom is -0.492 e. The summed E-state index contributed by atoms with van der Waals surface area (Å²) in [7, 11) is 1.80. The Hall–Kier alpha value is -2.67. The quantitative estimate of drug-likeness (QED) is 0.676. The fourth-order valence-electron chi connectivity index (χ4n) is 2.38. The van der Waals surface area contributed by atoms with Gasteiger partial charge in [-0.15, -0.1) is 0 Å². The molecular formula is C17H18N4O2S. The highest BCUT2D eigenvalue weighted by Gasteiger charge is 2.07. The van der Waals surface area contributed by atoms with Crippen LogP contribution in [0.15, 0.2) is 42.5 Å². The normalized spacial score (nSPS) is 10.7. The van der Waals surface area contributed by atoms with E-state index in [4.69, 9.17) is 17.0 Å². The van der Waals surface area contributed by atoms with Crippen molar-refractivity contribution in [1.82, 2.24) is 20.1 Å². The zero-order valence-electron chi connectivity index (χ0n) is 13.3. The van der Waals surface area contributed by atoms with Crippen molar-refractivity contribution in [3.8, 4) is 5.75 Å². The first-order valence-corrected chi connectivity index (χ1v) is 8.03. The predicted octanol–water partition coefficient (Wildman–Crippen LogP) is 2.72. The van der Waals surface area contributed by atoms with Crippen molar-refractivity contribution < 1.29 is 9.53 Å². The van der Waals surface area contributed by atoms with E-state index in [0.717, 1.165) is 16.5 Å². The molecule has 0 atom stereocenters. The molecule has 3 rings (SSSR count). The molecule has 0 unspecified atom stereocenters. The highest BCUT2D eigenvalue weighted by atomic mass is 32.1. The zero-order chi connectivity index (χ0) is 16.9. The molecule has 0 aliphatic rings. The van der Waals surface area contributed by atoms with E-state index in [-0.39, 0.29) is 12.3 Å². The SMILES string of the molecule is Cn1c(CNC(=O)CCOc2cccc3ccccc23)n[nH]c1=S. The average Bonchev–Trinajstić information content (AvgIpc) is 2.92. The lowest BCUT2D eigenvalue weighted by atomic mass is 10.1. The molecule has 124 valence electrons. The molecule has 3 aromatic rings. The first-order chi connectivity index (χ1) is 11.6. The maximum atomic E-state index is 11.9. The third-order valence-electron chi connectivity index (χ3n) is 3.75. The van der Waals surface area contributed by atoms with Gasteiger partial charge in [0.15, 0.2) is 10.6 Å². The van der Waals surface area contributed by atoms with E-state index >= 15 is 0 Å². The van der Waals surface area contributed by atoms with Gasteiger partial charge < -0.3 is 14.6 Å². The maximum absolute atomic E-state index is 11.9. The lowest BCUT2D eigenvalue weighted by Crippen LogP contribution is -2.25. The molecule has 1 heterocycles. The summed E-state index contributed by atoms with van der Waals surface area (Å²) in [6.45, 7) is 0.648. The molecule has 6 nitrogen and oxygen atoms in total. The van der Waals surface area contributed by atoms with Crippen molar-refractivity contribution in [1.29, 1.82) is 0 Å². The van der Waals surface area contributed by atoms with Crippen LogP contribution in [0, 0.1) is 4.77 Å². The van der Waals surface area contributed by atoms with Gasteiger partial charge in [-0.3, -0.25) is 9.89 Å². The summed E-state index contributed by atoms with van der Waals surface area (Å²) in [5.41, 5.74) is 0. The molecule has 7 heteroatoms. The number of hydrogen-bond donors (Lipinski definition) is 2. The zero-order valence-corrected chi connectivity index (χ0v) is 14.1. The summed E-state index contributed by atoms with van der Waals surface area (Å²) in [5, 5.41) is 11.7. The van der Waals surface area contributed by atoms with Crippen LogP contribution in [0.2, 0.25) is 0 Å². The van der Waals surface area contributed by atoms with E-state index in [9.17, 15) is 4.79 Å². The number of H-pyrrole nitrogens is 1. The van der Waals surface area contributed by atoms with E-state index in [0.29, 0.717) is 23.7 Å². The number of carbonyl (C=O) groups is 1. The van der Waals surface area contributed by atoms with Crippen molar-refractivity contribution in [2.45, 2.75) is 13.0 Å². The molecule has 0 bridgehead atoms. The van der Waals surface area contributed by atoms with Gasteiger partial charge in [-0.1, -0.05) is 36.4 Å². The molecule has 2 N–H and O–H groups in total. The molecule has 0 aliphatic carbocycles. The third-order valence-corrected chi connectivity index (χ3v) is 4.12. The van der Waals surface area contributed by atoms with Crippen LogP contribution in [-0.4, -0.2) is 27.3 Å². The van der Waals surface area contributed by atoms with Crippen LogP contribution in [-0.2, 0) is 18.4 Å². The lowest BCUT2D eigenvalue weighted by molar-refractivity contribution is -0.121. The van der Waals surface area contributed by atoms with E-state index in [2.05, 4.69) is 15.5 Å². The predicted molar refractivity (Wildman–Crippen MR) is 94.3 cm³/mol. The number of carbonyl (C=O) groups excluding carboxylic acids is 1. The Bertz CT molecular complexity index is 911. The van der Waals surface area contributed by atoms with Gasteiger partial charge in [0, 0.05) is 12.4 Å². The fraction of sp³-hybridized carbons (Fsp3) is 0.235. The van der Waals surface area contributed by atoms with Crippen molar-refractivity contribution in [3.05, 3.63) is 53.1 Å².